The molecule has 0 aromatic heterocycles. The molecule has 1 amide bonds. The van der Waals surface area contributed by atoms with Crippen LogP contribution in [0.1, 0.15) is 10.4 Å². The lowest BCUT2D eigenvalue weighted by molar-refractivity contribution is 0.0955. The highest BCUT2D eigenvalue weighted by molar-refractivity contribution is 9.10. The van der Waals surface area contributed by atoms with Crippen LogP contribution in [0.25, 0.3) is 0 Å². The smallest absolute Gasteiger partial charge is 0.252 e. The number of alkyl halides is 1. The molecule has 1 aromatic rings. The molecule has 0 spiro atoms. The second-order valence-corrected chi connectivity index (χ2v) is 4.65. The SMILES string of the molecule is O=C(NCCBr)c1ccc(Cl)cc1Br. The number of rotatable bonds is 3. The Hall–Kier alpha value is -0.0600. The van der Waals surface area contributed by atoms with E-state index in [2.05, 4.69) is 37.2 Å². The molecule has 0 bridgehead atoms. The molecular formula is C9H8Br2ClNO. The molecule has 0 fully saturated rings. The average molecular weight is 341 g/mol. The van der Waals surface area contributed by atoms with Gasteiger partial charge in [0.05, 0.1) is 5.56 Å². The Morgan fingerprint density at radius 1 is 1.50 bits per heavy atom. The first-order chi connectivity index (χ1) is 6.65. The summed E-state index contributed by atoms with van der Waals surface area (Å²) in [6.07, 6.45) is 0. The van der Waals surface area contributed by atoms with Crippen molar-refractivity contribution in [3.63, 3.8) is 0 Å². The van der Waals surface area contributed by atoms with Crippen LogP contribution in [0.2, 0.25) is 5.02 Å². The summed E-state index contributed by atoms with van der Waals surface area (Å²) < 4.78 is 0.706. The van der Waals surface area contributed by atoms with Gasteiger partial charge in [-0.3, -0.25) is 4.79 Å². The second-order valence-electron chi connectivity index (χ2n) is 2.57. The summed E-state index contributed by atoms with van der Waals surface area (Å²) in [5, 5.41) is 4.10. The van der Waals surface area contributed by atoms with E-state index in [-0.39, 0.29) is 5.91 Å². The number of carbonyl (C=O) groups is 1. The molecule has 76 valence electrons. The predicted molar refractivity (Wildman–Crippen MR) is 65.3 cm³/mol. The van der Waals surface area contributed by atoms with Crippen molar-refractivity contribution in [1.29, 1.82) is 0 Å². The van der Waals surface area contributed by atoms with Gasteiger partial charge in [0.15, 0.2) is 0 Å². The van der Waals surface area contributed by atoms with Crippen molar-refractivity contribution in [2.24, 2.45) is 0 Å². The number of nitrogens with one attached hydrogen (secondary N) is 1. The van der Waals surface area contributed by atoms with E-state index in [1.807, 2.05) is 0 Å². The van der Waals surface area contributed by atoms with Crippen LogP contribution in [0.15, 0.2) is 22.7 Å². The molecule has 0 unspecified atom stereocenters. The van der Waals surface area contributed by atoms with E-state index in [9.17, 15) is 4.79 Å². The van der Waals surface area contributed by atoms with Crippen LogP contribution in [-0.4, -0.2) is 17.8 Å². The third kappa shape index (κ3) is 3.26. The normalized spacial score (nSPS) is 9.93. The summed E-state index contributed by atoms with van der Waals surface area (Å²) in [4.78, 5) is 11.5. The summed E-state index contributed by atoms with van der Waals surface area (Å²) in [7, 11) is 0. The van der Waals surface area contributed by atoms with Crippen molar-refractivity contribution in [2.45, 2.75) is 0 Å². The molecule has 0 radical (unpaired) electrons. The Kier molecular flexibility index (Phi) is 4.92. The zero-order valence-corrected chi connectivity index (χ0v) is 11.1. The van der Waals surface area contributed by atoms with Gasteiger partial charge in [0.25, 0.3) is 5.91 Å². The predicted octanol–water partition coefficient (Wildman–Crippen LogP) is 3.23. The van der Waals surface area contributed by atoms with Crippen LogP contribution < -0.4 is 5.32 Å². The molecule has 0 saturated heterocycles. The number of carbonyl (C=O) groups excluding carboxylic acids is 1. The maximum absolute atomic E-state index is 11.5. The van der Waals surface area contributed by atoms with Gasteiger partial charge in [-0.05, 0) is 34.1 Å². The van der Waals surface area contributed by atoms with Gasteiger partial charge in [-0.15, -0.1) is 0 Å². The molecule has 0 aliphatic carbocycles. The van der Waals surface area contributed by atoms with Gasteiger partial charge in [0, 0.05) is 21.4 Å². The lowest BCUT2D eigenvalue weighted by atomic mass is 10.2. The number of benzene rings is 1. The molecule has 0 saturated carbocycles. The van der Waals surface area contributed by atoms with Gasteiger partial charge in [-0.2, -0.15) is 0 Å². The van der Waals surface area contributed by atoms with Crippen LogP contribution in [0, 0.1) is 0 Å². The van der Waals surface area contributed by atoms with E-state index < -0.39 is 0 Å². The monoisotopic (exact) mass is 339 g/mol. The molecule has 1 rings (SSSR count). The third-order valence-corrected chi connectivity index (χ3v) is 2.84. The number of hydrogen-bond acceptors (Lipinski definition) is 1. The summed E-state index contributed by atoms with van der Waals surface area (Å²) in [6, 6.07) is 5.08. The maximum Gasteiger partial charge on any atom is 0.252 e. The van der Waals surface area contributed by atoms with Gasteiger partial charge in [0.2, 0.25) is 0 Å². The summed E-state index contributed by atoms with van der Waals surface area (Å²) in [5.74, 6) is -0.104. The molecular weight excluding hydrogens is 333 g/mol. The van der Waals surface area contributed by atoms with Crippen molar-refractivity contribution in [2.75, 3.05) is 11.9 Å². The minimum absolute atomic E-state index is 0.104. The van der Waals surface area contributed by atoms with Crippen molar-refractivity contribution in [3.8, 4) is 0 Å². The van der Waals surface area contributed by atoms with E-state index >= 15 is 0 Å². The Morgan fingerprint density at radius 2 is 2.21 bits per heavy atom. The molecule has 2 nitrogen and oxygen atoms in total. The lowest BCUT2D eigenvalue weighted by Gasteiger charge is -2.05. The molecule has 1 N–H and O–H groups in total. The lowest BCUT2D eigenvalue weighted by Crippen LogP contribution is -2.25. The Labute approximate surface area is 104 Å². The highest BCUT2D eigenvalue weighted by Crippen LogP contribution is 2.21. The van der Waals surface area contributed by atoms with Crippen molar-refractivity contribution in [1.82, 2.24) is 5.32 Å². The van der Waals surface area contributed by atoms with Crippen molar-refractivity contribution < 1.29 is 4.79 Å². The van der Waals surface area contributed by atoms with Gasteiger partial charge < -0.3 is 5.32 Å². The largest absolute Gasteiger partial charge is 0.351 e. The van der Waals surface area contributed by atoms with Gasteiger partial charge in [-0.25, -0.2) is 0 Å². The molecule has 0 atom stereocenters. The Bertz CT molecular complexity index is 344. The fourth-order valence-electron chi connectivity index (χ4n) is 0.930. The van der Waals surface area contributed by atoms with E-state index in [1.54, 1.807) is 18.2 Å². The quantitative estimate of drug-likeness (QED) is 0.841. The zero-order chi connectivity index (χ0) is 10.6. The Balaban J connectivity index is 2.80. The van der Waals surface area contributed by atoms with Crippen molar-refractivity contribution >= 4 is 49.4 Å². The Morgan fingerprint density at radius 3 is 2.79 bits per heavy atom. The van der Waals surface area contributed by atoms with Gasteiger partial charge >= 0.3 is 0 Å². The fraction of sp³-hybridized carbons (Fsp3) is 0.222. The van der Waals surface area contributed by atoms with E-state index in [4.69, 9.17) is 11.6 Å². The van der Waals surface area contributed by atoms with Crippen LogP contribution >= 0.6 is 43.5 Å². The summed E-state index contributed by atoms with van der Waals surface area (Å²) >= 11 is 12.3. The van der Waals surface area contributed by atoms with E-state index in [0.29, 0.717) is 21.6 Å². The third-order valence-electron chi connectivity index (χ3n) is 1.56. The van der Waals surface area contributed by atoms with Crippen LogP contribution in [0.4, 0.5) is 0 Å². The summed E-state index contributed by atoms with van der Waals surface area (Å²) in [6.45, 7) is 0.605. The molecule has 0 heterocycles. The second kappa shape index (κ2) is 5.73. The molecule has 0 aliphatic heterocycles. The first-order valence-electron chi connectivity index (χ1n) is 3.94. The van der Waals surface area contributed by atoms with Crippen molar-refractivity contribution in [3.05, 3.63) is 33.3 Å². The van der Waals surface area contributed by atoms with E-state index in [0.717, 1.165) is 5.33 Å². The molecule has 5 heteroatoms. The fourth-order valence-corrected chi connectivity index (χ4v) is 1.99. The zero-order valence-electron chi connectivity index (χ0n) is 7.19. The van der Waals surface area contributed by atoms with Crippen LogP contribution in [0.5, 0.6) is 0 Å². The highest BCUT2D eigenvalue weighted by atomic mass is 79.9. The number of halogens is 3. The minimum atomic E-state index is -0.104. The van der Waals surface area contributed by atoms with Crippen LogP contribution in [0.3, 0.4) is 0 Å². The molecule has 1 aromatic carbocycles. The number of amides is 1. The highest BCUT2D eigenvalue weighted by Gasteiger charge is 2.08. The average Bonchev–Trinajstić information content (AvgIpc) is 2.14. The van der Waals surface area contributed by atoms with E-state index in [1.165, 1.54) is 0 Å². The molecule has 0 aliphatic rings. The maximum atomic E-state index is 11.5. The summed E-state index contributed by atoms with van der Waals surface area (Å²) in [5.41, 5.74) is 0.593. The van der Waals surface area contributed by atoms with Gasteiger partial charge in [0.1, 0.15) is 0 Å². The van der Waals surface area contributed by atoms with Gasteiger partial charge in [-0.1, -0.05) is 27.5 Å². The first kappa shape index (κ1) is 12.0. The number of hydrogen-bond donors (Lipinski definition) is 1. The molecule has 14 heavy (non-hydrogen) atoms. The topological polar surface area (TPSA) is 29.1 Å². The van der Waals surface area contributed by atoms with Crippen LogP contribution in [-0.2, 0) is 0 Å². The standard InChI is InChI=1S/C9H8Br2ClNO/c10-3-4-13-9(14)7-2-1-6(12)5-8(7)11/h1-2,5H,3-4H2,(H,13,14). The minimum Gasteiger partial charge on any atom is -0.351 e. The first-order valence-corrected chi connectivity index (χ1v) is 6.23.